The van der Waals surface area contributed by atoms with Gasteiger partial charge in [0.25, 0.3) is 10.0 Å². The summed E-state index contributed by atoms with van der Waals surface area (Å²) < 4.78 is 62.8. The average molecular weight is 573 g/mol. The second-order valence-corrected chi connectivity index (χ2v) is 10.8. The maximum atomic E-state index is 15.0. The van der Waals surface area contributed by atoms with E-state index in [1.807, 2.05) is 4.72 Å². The summed E-state index contributed by atoms with van der Waals surface area (Å²) >= 11 is 5.79. The lowest BCUT2D eigenvalue weighted by Crippen LogP contribution is -2.38. The first-order chi connectivity index (χ1) is 18.8. The van der Waals surface area contributed by atoms with E-state index in [1.54, 1.807) is 24.4 Å². The van der Waals surface area contributed by atoms with Gasteiger partial charge in [0.2, 0.25) is 17.6 Å². The van der Waals surface area contributed by atoms with E-state index in [4.69, 9.17) is 16.3 Å². The molecule has 0 unspecified atom stereocenters. The molecular formula is C26H23ClF2N6O3S. The van der Waals surface area contributed by atoms with Crippen molar-refractivity contribution in [2.45, 2.75) is 23.8 Å². The van der Waals surface area contributed by atoms with Gasteiger partial charge in [-0.3, -0.25) is 4.72 Å². The zero-order chi connectivity index (χ0) is 27.4. The molecule has 2 aromatic heterocycles. The Labute approximate surface area is 228 Å². The van der Waals surface area contributed by atoms with Crippen molar-refractivity contribution in [2.75, 3.05) is 23.1 Å². The molecule has 0 bridgehead atoms. The van der Waals surface area contributed by atoms with Crippen molar-refractivity contribution in [3.05, 3.63) is 83.6 Å². The summed E-state index contributed by atoms with van der Waals surface area (Å²) in [4.78, 5) is 12.8. The zero-order valence-corrected chi connectivity index (χ0v) is 21.9. The lowest BCUT2D eigenvalue weighted by atomic mass is 10.1. The Kier molecular flexibility index (Phi) is 7.87. The third-order valence-electron chi connectivity index (χ3n) is 5.95. The minimum absolute atomic E-state index is 0.0192. The Morgan fingerprint density at radius 3 is 2.59 bits per heavy atom. The lowest BCUT2D eigenvalue weighted by molar-refractivity contribution is 0.407. The molecule has 5 rings (SSSR count). The number of nitrogens with zero attached hydrogens (tertiary/aromatic N) is 3. The minimum Gasteiger partial charge on any atom is -0.435 e. The van der Waals surface area contributed by atoms with Gasteiger partial charge < -0.3 is 15.4 Å². The van der Waals surface area contributed by atoms with Gasteiger partial charge in [-0.05, 0) is 74.0 Å². The topological polar surface area (TPSA) is 118 Å². The van der Waals surface area contributed by atoms with Crippen LogP contribution in [0.3, 0.4) is 0 Å². The summed E-state index contributed by atoms with van der Waals surface area (Å²) in [6.07, 6.45) is 5.05. The number of halogens is 3. The smallest absolute Gasteiger partial charge is 0.261 e. The molecule has 1 atom stereocenters. The van der Waals surface area contributed by atoms with E-state index >= 15 is 4.39 Å². The Balaban J connectivity index is 1.38. The van der Waals surface area contributed by atoms with Crippen LogP contribution >= 0.6 is 11.6 Å². The highest BCUT2D eigenvalue weighted by Crippen LogP contribution is 2.34. The molecule has 1 aliphatic rings. The number of hydrogen-bond acceptors (Lipinski definition) is 8. The van der Waals surface area contributed by atoms with Gasteiger partial charge in [0.05, 0.1) is 21.8 Å². The molecule has 0 radical (unpaired) electrons. The molecule has 1 fully saturated rings. The molecule has 0 saturated carbocycles. The molecule has 3 heterocycles. The number of piperidine rings is 1. The Bertz CT molecular complexity index is 1590. The van der Waals surface area contributed by atoms with Gasteiger partial charge in [-0.1, -0.05) is 11.6 Å². The molecule has 2 aromatic carbocycles. The Morgan fingerprint density at radius 1 is 1.00 bits per heavy atom. The monoisotopic (exact) mass is 572 g/mol. The number of pyridine rings is 1. The molecule has 0 amide bonds. The normalized spacial score (nSPS) is 15.5. The van der Waals surface area contributed by atoms with Crippen LogP contribution in [-0.4, -0.2) is 42.5 Å². The maximum Gasteiger partial charge on any atom is 0.261 e. The summed E-state index contributed by atoms with van der Waals surface area (Å²) in [5.41, 5.74) is 0.310. The molecule has 1 saturated heterocycles. The first kappa shape index (κ1) is 26.7. The first-order valence-electron chi connectivity index (χ1n) is 12.0. The van der Waals surface area contributed by atoms with Crippen LogP contribution in [-0.2, 0) is 10.0 Å². The molecule has 0 spiro atoms. The van der Waals surface area contributed by atoms with E-state index in [2.05, 4.69) is 25.6 Å². The third-order valence-corrected chi connectivity index (χ3v) is 7.59. The first-order valence-corrected chi connectivity index (χ1v) is 13.9. The van der Waals surface area contributed by atoms with Crippen molar-refractivity contribution in [3.8, 4) is 22.9 Å². The van der Waals surface area contributed by atoms with Gasteiger partial charge >= 0.3 is 0 Å². The van der Waals surface area contributed by atoms with E-state index in [1.165, 1.54) is 30.5 Å². The average Bonchev–Trinajstić information content (AvgIpc) is 2.94. The number of benzene rings is 2. The number of hydrogen-bond donors (Lipinski definition) is 3. The van der Waals surface area contributed by atoms with Gasteiger partial charge in [0, 0.05) is 30.0 Å². The quantitative estimate of drug-likeness (QED) is 0.263. The van der Waals surface area contributed by atoms with E-state index in [0.717, 1.165) is 38.1 Å². The molecule has 3 N–H and O–H groups in total. The Hall–Kier alpha value is -3.87. The SMILES string of the molecule is O=S(=O)(Nc1ccc(Oc2ncccc2-c2ccnc(N[C@H]3CCCNC3)n2)c(F)c1F)c1ccc(Cl)cc1. The van der Waals surface area contributed by atoms with Gasteiger partial charge in [0.15, 0.2) is 11.6 Å². The van der Waals surface area contributed by atoms with Crippen LogP contribution in [0, 0.1) is 11.6 Å². The molecule has 9 nitrogen and oxygen atoms in total. The fraction of sp³-hybridized carbons (Fsp3) is 0.192. The van der Waals surface area contributed by atoms with Crippen LogP contribution in [0.1, 0.15) is 12.8 Å². The number of sulfonamides is 1. The third kappa shape index (κ3) is 6.24. The van der Waals surface area contributed by atoms with E-state index in [-0.39, 0.29) is 16.8 Å². The van der Waals surface area contributed by atoms with Gasteiger partial charge in [-0.25, -0.2) is 27.8 Å². The fourth-order valence-corrected chi connectivity index (χ4v) is 5.20. The van der Waals surface area contributed by atoms with Crippen LogP contribution in [0.15, 0.2) is 71.9 Å². The second kappa shape index (κ2) is 11.5. The molecule has 1 aliphatic heterocycles. The number of nitrogens with one attached hydrogen (secondary N) is 3. The lowest BCUT2D eigenvalue weighted by Gasteiger charge is -2.23. The molecule has 0 aliphatic carbocycles. The largest absolute Gasteiger partial charge is 0.435 e. The van der Waals surface area contributed by atoms with Crippen molar-refractivity contribution < 1.29 is 21.9 Å². The number of ether oxygens (including phenoxy) is 1. The summed E-state index contributed by atoms with van der Waals surface area (Å²) in [6, 6.07) is 12.6. The molecule has 39 heavy (non-hydrogen) atoms. The van der Waals surface area contributed by atoms with Crippen LogP contribution in [0.5, 0.6) is 11.6 Å². The van der Waals surface area contributed by atoms with Crippen LogP contribution < -0.4 is 20.1 Å². The summed E-state index contributed by atoms with van der Waals surface area (Å²) in [5, 5.41) is 6.95. The molecule has 13 heteroatoms. The van der Waals surface area contributed by atoms with Gasteiger partial charge in [-0.2, -0.15) is 4.39 Å². The number of rotatable bonds is 8. The summed E-state index contributed by atoms with van der Waals surface area (Å²) in [6.45, 7) is 1.77. The van der Waals surface area contributed by atoms with Crippen molar-refractivity contribution >= 4 is 33.3 Å². The summed E-state index contributed by atoms with van der Waals surface area (Å²) in [7, 11) is -4.19. The van der Waals surface area contributed by atoms with E-state index < -0.39 is 33.1 Å². The number of anilines is 2. The van der Waals surface area contributed by atoms with Crippen LogP contribution in [0.4, 0.5) is 20.4 Å². The highest BCUT2D eigenvalue weighted by molar-refractivity contribution is 7.92. The fourth-order valence-electron chi connectivity index (χ4n) is 4.01. The Morgan fingerprint density at radius 2 is 1.82 bits per heavy atom. The second-order valence-electron chi connectivity index (χ2n) is 8.71. The molecular weight excluding hydrogens is 550 g/mol. The van der Waals surface area contributed by atoms with Crippen molar-refractivity contribution in [2.24, 2.45) is 0 Å². The highest BCUT2D eigenvalue weighted by Gasteiger charge is 2.22. The molecule has 202 valence electrons. The van der Waals surface area contributed by atoms with Gasteiger partial charge in [0.1, 0.15) is 0 Å². The number of aromatic nitrogens is 3. The van der Waals surface area contributed by atoms with Crippen LogP contribution in [0.2, 0.25) is 5.02 Å². The summed E-state index contributed by atoms with van der Waals surface area (Å²) in [5.74, 6) is -2.91. The van der Waals surface area contributed by atoms with E-state index in [0.29, 0.717) is 22.2 Å². The van der Waals surface area contributed by atoms with Crippen molar-refractivity contribution in [1.29, 1.82) is 0 Å². The molecule has 4 aromatic rings. The minimum atomic E-state index is -4.19. The predicted molar refractivity (Wildman–Crippen MR) is 143 cm³/mol. The van der Waals surface area contributed by atoms with Gasteiger partial charge in [-0.15, -0.1) is 0 Å². The highest BCUT2D eigenvalue weighted by atomic mass is 35.5. The van der Waals surface area contributed by atoms with E-state index in [9.17, 15) is 12.8 Å². The maximum absolute atomic E-state index is 15.0. The van der Waals surface area contributed by atoms with Crippen molar-refractivity contribution in [1.82, 2.24) is 20.3 Å². The standard InChI is InChI=1S/C26H23ClF2N6O3S/c27-16-5-7-18(8-6-16)39(36,37)35-21-9-10-22(24(29)23(21)28)38-25-19(4-2-13-31-25)20-11-14-32-26(34-20)33-17-3-1-12-30-15-17/h2,4-11,13-14,17,30,35H,1,3,12,15H2,(H,32,33,34)/t17-/m0/s1. The van der Waals surface area contributed by atoms with Crippen molar-refractivity contribution in [3.63, 3.8) is 0 Å². The zero-order valence-electron chi connectivity index (χ0n) is 20.4. The predicted octanol–water partition coefficient (Wildman–Crippen LogP) is 5.23. The van der Waals surface area contributed by atoms with Crippen LogP contribution in [0.25, 0.3) is 11.3 Å².